The van der Waals surface area contributed by atoms with Gasteiger partial charge in [0.1, 0.15) is 5.54 Å². The highest BCUT2D eigenvalue weighted by atomic mass is 35.5. The summed E-state index contributed by atoms with van der Waals surface area (Å²) in [4.78, 5) is 12.4. The van der Waals surface area contributed by atoms with Gasteiger partial charge in [0.15, 0.2) is 0 Å². The van der Waals surface area contributed by atoms with Crippen LogP contribution in [0.2, 0.25) is 5.02 Å². The third-order valence-corrected chi connectivity index (χ3v) is 3.96. The second-order valence-electron chi connectivity index (χ2n) is 5.00. The first-order valence-electron chi connectivity index (χ1n) is 6.73. The van der Waals surface area contributed by atoms with E-state index in [4.69, 9.17) is 21.1 Å². The number of nitrogens with one attached hydrogen (secondary N) is 1. The van der Waals surface area contributed by atoms with Crippen LogP contribution in [0, 0.1) is 5.92 Å². The molecule has 1 aliphatic rings. The van der Waals surface area contributed by atoms with Gasteiger partial charge in [0.25, 0.3) is 0 Å². The highest BCUT2D eigenvalue weighted by Gasteiger charge is 2.52. The lowest BCUT2D eigenvalue weighted by atomic mass is 9.84. The van der Waals surface area contributed by atoms with Crippen molar-refractivity contribution in [3.05, 3.63) is 34.9 Å². The Morgan fingerprint density at radius 3 is 2.50 bits per heavy atom. The molecule has 0 saturated heterocycles. The topological polar surface area (TPSA) is 47.6 Å². The highest BCUT2D eigenvalue weighted by Crippen LogP contribution is 2.46. The molecule has 1 saturated carbocycles. The molecular formula is C15H20ClNO3. The Morgan fingerprint density at radius 2 is 2.00 bits per heavy atom. The lowest BCUT2D eigenvalue weighted by Gasteiger charge is -2.33. The van der Waals surface area contributed by atoms with Crippen molar-refractivity contribution in [3.8, 4) is 0 Å². The predicted octanol–water partition coefficient (Wildman–Crippen LogP) is 2.35. The highest BCUT2D eigenvalue weighted by molar-refractivity contribution is 6.30. The zero-order valence-corrected chi connectivity index (χ0v) is 12.6. The van der Waals surface area contributed by atoms with E-state index in [1.54, 1.807) is 19.2 Å². The molecule has 0 bridgehead atoms. The molecule has 20 heavy (non-hydrogen) atoms. The number of carbonyl (C=O) groups excluding carboxylic acids is 1. The summed E-state index contributed by atoms with van der Waals surface area (Å²) in [6, 6.07) is 7.37. The molecule has 1 unspecified atom stereocenters. The van der Waals surface area contributed by atoms with Gasteiger partial charge >= 0.3 is 5.97 Å². The van der Waals surface area contributed by atoms with Crippen molar-refractivity contribution in [2.75, 3.05) is 27.4 Å². The first-order valence-corrected chi connectivity index (χ1v) is 7.11. The van der Waals surface area contributed by atoms with Crippen LogP contribution >= 0.6 is 11.6 Å². The maximum Gasteiger partial charge on any atom is 0.331 e. The minimum Gasteiger partial charge on any atom is -0.467 e. The minimum atomic E-state index is -0.794. The van der Waals surface area contributed by atoms with Gasteiger partial charge in [-0.25, -0.2) is 4.79 Å². The molecule has 0 aliphatic heterocycles. The number of halogens is 1. The van der Waals surface area contributed by atoms with E-state index in [0.29, 0.717) is 18.2 Å². The SMILES string of the molecule is COCCNC(C(=O)OC)(c1ccc(Cl)cc1)C1CC1. The molecule has 0 aromatic heterocycles. The Labute approximate surface area is 124 Å². The summed E-state index contributed by atoms with van der Waals surface area (Å²) >= 11 is 5.94. The van der Waals surface area contributed by atoms with Gasteiger partial charge < -0.3 is 9.47 Å². The third kappa shape index (κ3) is 2.97. The molecule has 1 aromatic rings. The molecule has 1 aromatic carbocycles. The zero-order chi connectivity index (χ0) is 14.6. The van der Waals surface area contributed by atoms with Crippen molar-refractivity contribution in [1.29, 1.82) is 0 Å². The van der Waals surface area contributed by atoms with Gasteiger partial charge in [-0.05, 0) is 36.5 Å². The Balaban J connectivity index is 2.34. The Hall–Kier alpha value is -1.10. The lowest BCUT2D eigenvalue weighted by Crippen LogP contribution is -2.52. The van der Waals surface area contributed by atoms with Crippen LogP contribution < -0.4 is 5.32 Å². The van der Waals surface area contributed by atoms with Crippen molar-refractivity contribution in [3.63, 3.8) is 0 Å². The summed E-state index contributed by atoms with van der Waals surface area (Å²) in [5.41, 5.74) is 0.102. The Morgan fingerprint density at radius 1 is 1.35 bits per heavy atom. The monoisotopic (exact) mass is 297 g/mol. The summed E-state index contributed by atoms with van der Waals surface area (Å²) in [5.74, 6) is 0.00593. The second kappa shape index (κ2) is 6.57. The summed E-state index contributed by atoms with van der Waals surface area (Å²) in [6.45, 7) is 1.13. The van der Waals surface area contributed by atoms with E-state index >= 15 is 0 Å². The third-order valence-electron chi connectivity index (χ3n) is 3.71. The summed E-state index contributed by atoms with van der Waals surface area (Å²) in [7, 11) is 3.06. The fraction of sp³-hybridized carbons (Fsp3) is 0.533. The standard InChI is InChI=1S/C15H20ClNO3/c1-19-10-9-17-15(11-3-4-11,14(18)20-2)12-5-7-13(16)8-6-12/h5-8,11,17H,3-4,9-10H2,1-2H3. The largest absolute Gasteiger partial charge is 0.467 e. The first-order chi connectivity index (χ1) is 9.65. The predicted molar refractivity (Wildman–Crippen MR) is 77.7 cm³/mol. The normalized spacial score (nSPS) is 17.6. The molecule has 0 heterocycles. The maximum atomic E-state index is 12.4. The van der Waals surface area contributed by atoms with Gasteiger partial charge in [-0.1, -0.05) is 23.7 Å². The van der Waals surface area contributed by atoms with Crippen molar-refractivity contribution in [2.24, 2.45) is 5.92 Å². The summed E-state index contributed by atoms with van der Waals surface area (Å²) in [5, 5.41) is 3.99. The molecule has 0 amide bonds. The van der Waals surface area contributed by atoms with Crippen LogP contribution in [0.4, 0.5) is 0 Å². The zero-order valence-electron chi connectivity index (χ0n) is 11.8. The molecule has 0 radical (unpaired) electrons. The fourth-order valence-electron chi connectivity index (χ4n) is 2.58. The van der Waals surface area contributed by atoms with Crippen molar-refractivity contribution >= 4 is 17.6 Å². The van der Waals surface area contributed by atoms with Crippen LogP contribution in [0.25, 0.3) is 0 Å². The summed E-state index contributed by atoms with van der Waals surface area (Å²) < 4.78 is 10.1. The van der Waals surface area contributed by atoms with E-state index in [1.807, 2.05) is 12.1 Å². The van der Waals surface area contributed by atoms with Gasteiger partial charge in [0.05, 0.1) is 13.7 Å². The average Bonchev–Trinajstić information content (AvgIpc) is 3.29. The number of benzene rings is 1. The maximum absolute atomic E-state index is 12.4. The van der Waals surface area contributed by atoms with Gasteiger partial charge in [-0.15, -0.1) is 0 Å². The molecule has 1 aliphatic carbocycles. The molecule has 1 N–H and O–H groups in total. The number of carbonyl (C=O) groups is 1. The van der Waals surface area contributed by atoms with Gasteiger partial charge in [-0.3, -0.25) is 5.32 Å². The molecule has 110 valence electrons. The van der Waals surface area contributed by atoms with Gasteiger partial charge in [0, 0.05) is 18.7 Å². The number of methoxy groups -OCH3 is 2. The van der Waals surface area contributed by atoms with Crippen molar-refractivity contribution in [1.82, 2.24) is 5.32 Å². The van der Waals surface area contributed by atoms with Crippen LogP contribution in [0.5, 0.6) is 0 Å². The quantitative estimate of drug-likeness (QED) is 0.620. The molecular weight excluding hydrogens is 278 g/mol. The average molecular weight is 298 g/mol. The number of rotatable bonds is 7. The van der Waals surface area contributed by atoms with E-state index < -0.39 is 5.54 Å². The van der Waals surface area contributed by atoms with Crippen LogP contribution in [0.1, 0.15) is 18.4 Å². The number of hydrogen-bond acceptors (Lipinski definition) is 4. The molecule has 1 fully saturated rings. The van der Waals surface area contributed by atoms with Gasteiger partial charge in [-0.2, -0.15) is 0 Å². The second-order valence-corrected chi connectivity index (χ2v) is 5.44. The van der Waals surface area contributed by atoms with Gasteiger partial charge in [0.2, 0.25) is 0 Å². The van der Waals surface area contributed by atoms with E-state index in [1.165, 1.54) is 7.11 Å². The smallest absolute Gasteiger partial charge is 0.331 e. The van der Waals surface area contributed by atoms with E-state index in [9.17, 15) is 4.79 Å². The molecule has 0 spiro atoms. The molecule has 4 nitrogen and oxygen atoms in total. The molecule has 2 rings (SSSR count). The number of ether oxygens (including phenoxy) is 2. The van der Waals surface area contributed by atoms with Crippen molar-refractivity contribution < 1.29 is 14.3 Å². The van der Waals surface area contributed by atoms with Crippen LogP contribution in [-0.4, -0.2) is 33.3 Å². The minimum absolute atomic E-state index is 0.251. The van der Waals surface area contributed by atoms with E-state index in [-0.39, 0.29) is 11.9 Å². The first kappa shape index (κ1) is 15.3. The Kier molecular flexibility index (Phi) is 5.02. The summed E-state index contributed by atoms with van der Waals surface area (Å²) in [6.07, 6.45) is 2.02. The van der Waals surface area contributed by atoms with Crippen molar-refractivity contribution in [2.45, 2.75) is 18.4 Å². The van der Waals surface area contributed by atoms with Crippen LogP contribution in [-0.2, 0) is 19.8 Å². The molecule has 1 atom stereocenters. The number of hydrogen-bond donors (Lipinski definition) is 1. The van der Waals surface area contributed by atoms with E-state index in [0.717, 1.165) is 18.4 Å². The van der Waals surface area contributed by atoms with E-state index in [2.05, 4.69) is 5.32 Å². The number of esters is 1. The Bertz CT molecular complexity index is 459. The van der Waals surface area contributed by atoms with Crippen LogP contribution in [0.3, 0.4) is 0 Å². The molecule has 5 heteroatoms. The van der Waals surface area contributed by atoms with Crippen LogP contribution in [0.15, 0.2) is 24.3 Å². The lowest BCUT2D eigenvalue weighted by molar-refractivity contribution is -0.150. The fourth-order valence-corrected chi connectivity index (χ4v) is 2.71.